The first kappa shape index (κ1) is 20.5. The molecule has 0 aliphatic carbocycles. The van der Waals surface area contributed by atoms with Gasteiger partial charge in [-0.05, 0) is 19.3 Å². The Morgan fingerprint density at radius 3 is 2.05 bits per heavy atom. The smallest absolute Gasteiger partial charge is 0.305 e. The summed E-state index contributed by atoms with van der Waals surface area (Å²) in [4.78, 5) is 34.7. The van der Waals surface area contributed by atoms with E-state index in [0.29, 0.717) is 25.0 Å². The van der Waals surface area contributed by atoms with E-state index in [1.54, 1.807) is 0 Å². The molecule has 0 fully saturated rings. The second kappa shape index (κ2) is 13.2. The van der Waals surface area contributed by atoms with Crippen molar-refractivity contribution in [3.8, 4) is 0 Å². The standard InChI is InChI=1S/C15H26O4S2/c1-4-7-13(16)19-10-12(21-15(18)9-6-3)11-20-14(17)8-5-2/h12H,4-11H2,1-3H3/t12-/m0/s1. The zero-order valence-electron chi connectivity index (χ0n) is 13.2. The van der Waals surface area contributed by atoms with Gasteiger partial charge in [0.2, 0.25) is 0 Å². The molecular formula is C15H26O4S2. The summed E-state index contributed by atoms with van der Waals surface area (Å²) in [5, 5.41) is 0.0826. The molecule has 0 aromatic heterocycles. The van der Waals surface area contributed by atoms with E-state index in [1.165, 1.54) is 23.5 Å². The molecule has 0 bridgehead atoms. The molecule has 4 nitrogen and oxygen atoms in total. The van der Waals surface area contributed by atoms with E-state index in [1.807, 2.05) is 20.8 Å². The first-order valence-corrected chi connectivity index (χ1v) is 9.40. The Labute approximate surface area is 136 Å². The molecule has 0 aromatic rings. The fourth-order valence-corrected chi connectivity index (χ4v) is 3.61. The summed E-state index contributed by atoms with van der Waals surface area (Å²) in [7, 11) is 0. The molecule has 0 radical (unpaired) electrons. The van der Waals surface area contributed by atoms with Crippen LogP contribution in [0.3, 0.4) is 0 Å². The monoisotopic (exact) mass is 334 g/mol. The van der Waals surface area contributed by atoms with Crippen molar-refractivity contribution in [2.24, 2.45) is 0 Å². The number of ether oxygens (including phenoxy) is 1. The van der Waals surface area contributed by atoms with Gasteiger partial charge in [0.05, 0.1) is 5.25 Å². The van der Waals surface area contributed by atoms with Crippen LogP contribution in [0.5, 0.6) is 0 Å². The van der Waals surface area contributed by atoms with Gasteiger partial charge in [0.15, 0.2) is 10.2 Å². The van der Waals surface area contributed by atoms with Gasteiger partial charge in [-0.15, -0.1) is 0 Å². The lowest BCUT2D eigenvalue weighted by molar-refractivity contribution is -0.143. The Morgan fingerprint density at radius 1 is 0.905 bits per heavy atom. The van der Waals surface area contributed by atoms with Crippen LogP contribution in [0, 0.1) is 0 Å². The van der Waals surface area contributed by atoms with E-state index < -0.39 is 0 Å². The van der Waals surface area contributed by atoms with Gasteiger partial charge in [-0.1, -0.05) is 44.3 Å². The van der Waals surface area contributed by atoms with Gasteiger partial charge in [0.25, 0.3) is 0 Å². The third-order valence-corrected chi connectivity index (χ3v) is 4.93. The van der Waals surface area contributed by atoms with E-state index in [9.17, 15) is 14.4 Å². The van der Waals surface area contributed by atoms with Crippen molar-refractivity contribution in [2.45, 2.75) is 64.5 Å². The molecule has 0 amide bonds. The largest absolute Gasteiger partial charge is 0.464 e. The maximum absolute atomic E-state index is 11.7. The van der Waals surface area contributed by atoms with Crippen molar-refractivity contribution in [3.05, 3.63) is 0 Å². The SMILES string of the molecule is CCCC(=O)OC[C@@H](CSC(=O)CCC)SC(=O)CCC. The van der Waals surface area contributed by atoms with E-state index in [0.717, 1.165) is 19.3 Å². The Morgan fingerprint density at radius 2 is 1.48 bits per heavy atom. The quantitative estimate of drug-likeness (QED) is 0.535. The van der Waals surface area contributed by atoms with Crippen LogP contribution in [0.4, 0.5) is 0 Å². The maximum Gasteiger partial charge on any atom is 0.305 e. The fourth-order valence-electron chi connectivity index (χ4n) is 1.49. The van der Waals surface area contributed by atoms with Gasteiger partial charge in [0, 0.05) is 25.0 Å². The van der Waals surface area contributed by atoms with Gasteiger partial charge in [-0.25, -0.2) is 0 Å². The minimum Gasteiger partial charge on any atom is -0.464 e. The van der Waals surface area contributed by atoms with E-state index in [2.05, 4.69) is 0 Å². The van der Waals surface area contributed by atoms with Crippen LogP contribution in [0.25, 0.3) is 0 Å². The summed E-state index contributed by atoms with van der Waals surface area (Å²) in [6, 6.07) is 0. The van der Waals surface area contributed by atoms with Crippen molar-refractivity contribution >= 4 is 39.7 Å². The summed E-state index contributed by atoms with van der Waals surface area (Å²) >= 11 is 2.43. The maximum atomic E-state index is 11.7. The third kappa shape index (κ3) is 11.8. The van der Waals surface area contributed by atoms with Crippen LogP contribution < -0.4 is 0 Å². The van der Waals surface area contributed by atoms with Crippen LogP contribution in [0.2, 0.25) is 0 Å². The number of hydrogen-bond donors (Lipinski definition) is 0. The second-order valence-electron chi connectivity index (χ2n) is 4.73. The number of hydrogen-bond acceptors (Lipinski definition) is 6. The molecule has 0 aromatic carbocycles. The lowest BCUT2D eigenvalue weighted by Gasteiger charge is -2.15. The molecular weight excluding hydrogens is 308 g/mol. The minimum absolute atomic E-state index is 0.0950. The zero-order valence-corrected chi connectivity index (χ0v) is 14.8. The van der Waals surface area contributed by atoms with Crippen LogP contribution in [-0.4, -0.2) is 33.8 Å². The van der Waals surface area contributed by atoms with Crippen molar-refractivity contribution < 1.29 is 19.1 Å². The minimum atomic E-state index is -0.240. The topological polar surface area (TPSA) is 60.4 Å². The number of esters is 1. The average molecular weight is 335 g/mol. The van der Waals surface area contributed by atoms with Gasteiger partial charge in [0.1, 0.15) is 6.61 Å². The van der Waals surface area contributed by atoms with Crippen molar-refractivity contribution in [1.82, 2.24) is 0 Å². The Balaban J connectivity index is 4.29. The first-order chi connectivity index (χ1) is 10.0. The van der Waals surface area contributed by atoms with Crippen molar-refractivity contribution in [2.75, 3.05) is 12.4 Å². The van der Waals surface area contributed by atoms with Crippen LogP contribution in [-0.2, 0) is 19.1 Å². The molecule has 6 heteroatoms. The summed E-state index contributed by atoms with van der Waals surface area (Å²) in [5.41, 5.74) is 0. The molecule has 122 valence electrons. The predicted molar refractivity (Wildman–Crippen MR) is 89.5 cm³/mol. The fraction of sp³-hybridized carbons (Fsp3) is 0.800. The molecule has 0 aliphatic rings. The number of thioether (sulfide) groups is 2. The summed E-state index contributed by atoms with van der Waals surface area (Å²) in [6.45, 7) is 6.03. The second-order valence-corrected chi connectivity index (χ2v) is 7.16. The highest BCUT2D eigenvalue weighted by Crippen LogP contribution is 2.21. The Bertz CT molecular complexity index is 310. The average Bonchev–Trinajstić information content (AvgIpc) is 2.42. The molecule has 1 atom stereocenters. The highest BCUT2D eigenvalue weighted by atomic mass is 32.2. The van der Waals surface area contributed by atoms with Crippen LogP contribution in [0.1, 0.15) is 59.3 Å². The molecule has 0 N–H and O–H groups in total. The zero-order chi connectivity index (χ0) is 16.1. The van der Waals surface area contributed by atoms with Crippen LogP contribution in [0.15, 0.2) is 0 Å². The van der Waals surface area contributed by atoms with E-state index in [-0.39, 0.29) is 28.1 Å². The Hall–Kier alpha value is -0.490. The van der Waals surface area contributed by atoms with Crippen molar-refractivity contribution in [3.63, 3.8) is 0 Å². The van der Waals surface area contributed by atoms with E-state index >= 15 is 0 Å². The van der Waals surface area contributed by atoms with Gasteiger partial charge >= 0.3 is 5.97 Å². The summed E-state index contributed by atoms with van der Waals surface area (Å²) in [5.74, 6) is 0.272. The molecule has 21 heavy (non-hydrogen) atoms. The third-order valence-electron chi connectivity index (χ3n) is 2.52. The lowest BCUT2D eigenvalue weighted by Crippen LogP contribution is -2.21. The van der Waals surface area contributed by atoms with Crippen LogP contribution >= 0.6 is 23.5 Å². The molecule has 0 unspecified atom stereocenters. The number of carbonyl (C=O) groups is 3. The summed E-state index contributed by atoms with van der Waals surface area (Å²) in [6.07, 6.45) is 3.82. The molecule has 0 heterocycles. The molecule has 0 spiro atoms. The van der Waals surface area contributed by atoms with E-state index in [4.69, 9.17) is 4.74 Å². The van der Waals surface area contributed by atoms with Gasteiger partial charge in [-0.3, -0.25) is 14.4 Å². The molecule has 0 rings (SSSR count). The Kier molecular flexibility index (Phi) is 12.9. The number of rotatable bonds is 11. The summed E-state index contributed by atoms with van der Waals surface area (Å²) < 4.78 is 5.18. The van der Waals surface area contributed by atoms with Gasteiger partial charge < -0.3 is 4.74 Å². The lowest BCUT2D eigenvalue weighted by atomic mass is 10.3. The molecule has 0 saturated heterocycles. The predicted octanol–water partition coefficient (Wildman–Crippen LogP) is 3.82. The first-order valence-electron chi connectivity index (χ1n) is 7.54. The highest BCUT2D eigenvalue weighted by molar-refractivity contribution is 8.17. The molecule has 0 aliphatic heterocycles. The molecule has 0 saturated carbocycles. The number of carbonyl (C=O) groups excluding carboxylic acids is 3. The van der Waals surface area contributed by atoms with Gasteiger partial charge in [-0.2, -0.15) is 0 Å². The van der Waals surface area contributed by atoms with Crippen molar-refractivity contribution in [1.29, 1.82) is 0 Å². The normalized spacial score (nSPS) is 12.0. The highest BCUT2D eigenvalue weighted by Gasteiger charge is 2.18.